The minimum atomic E-state index is -0.123. The molecule has 1 aromatic carbocycles. The van der Waals surface area contributed by atoms with Crippen LogP contribution in [-0.4, -0.2) is 46.7 Å². The lowest BCUT2D eigenvalue weighted by atomic mass is 9.98. The highest BCUT2D eigenvalue weighted by Gasteiger charge is 2.77. The van der Waals surface area contributed by atoms with Gasteiger partial charge in [-0.15, -0.1) is 0 Å². The van der Waals surface area contributed by atoms with Crippen LogP contribution in [0.25, 0.3) is 10.8 Å². The van der Waals surface area contributed by atoms with Gasteiger partial charge in [-0.2, -0.15) is 0 Å². The maximum atomic E-state index is 6.52. The molecule has 0 amide bonds. The standard InChI is InChI=1S/C18H17ClN4O/c19-14-12-4-2-1-3-11(12)8-20-15(14)22-16-21-9-18(24-16)10-23-6-5-17(23)7-13(17)18/h1-4,8,13H,5-7,9-10H2,(H,20,21,22)/t13?,17?,18-/m0/s1. The normalized spacial score (nSPS) is 36.0. The van der Waals surface area contributed by atoms with Crippen molar-refractivity contribution in [3.8, 4) is 0 Å². The molecule has 2 aromatic rings. The number of piperidine rings is 1. The highest BCUT2D eigenvalue weighted by molar-refractivity contribution is 6.38. The molecule has 1 aromatic heterocycles. The number of nitrogens with zero attached hydrogens (tertiary/aromatic N) is 3. The molecule has 1 saturated carbocycles. The number of nitrogens with one attached hydrogen (secondary N) is 1. The van der Waals surface area contributed by atoms with Gasteiger partial charge in [0, 0.05) is 41.5 Å². The molecule has 2 unspecified atom stereocenters. The number of pyridine rings is 1. The molecule has 4 aliphatic rings. The average Bonchev–Trinajstić information content (AvgIpc) is 3.23. The van der Waals surface area contributed by atoms with E-state index in [4.69, 9.17) is 16.3 Å². The zero-order valence-electron chi connectivity index (χ0n) is 13.1. The predicted molar refractivity (Wildman–Crippen MR) is 93.5 cm³/mol. The van der Waals surface area contributed by atoms with Crippen LogP contribution in [0.5, 0.6) is 0 Å². The van der Waals surface area contributed by atoms with Gasteiger partial charge < -0.3 is 4.74 Å². The summed E-state index contributed by atoms with van der Waals surface area (Å²) in [6, 6.07) is 8.53. The highest BCUT2D eigenvalue weighted by atomic mass is 35.5. The maximum Gasteiger partial charge on any atom is 0.291 e. The van der Waals surface area contributed by atoms with Gasteiger partial charge in [0.05, 0.1) is 11.6 Å². The zero-order chi connectivity index (χ0) is 15.9. The monoisotopic (exact) mass is 340 g/mol. The fourth-order valence-electron chi connectivity index (χ4n) is 4.93. The van der Waals surface area contributed by atoms with E-state index in [1.54, 1.807) is 0 Å². The van der Waals surface area contributed by atoms with Gasteiger partial charge in [-0.3, -0.25) is 10.2 Å². The van der Waals surface area contributed by atoms with Crippen LogP contribution in [-0.2, 0) is 4.74 Å². The molecular formula is C18H17ClN4O. The minimum absolute atomic E-state index is 0.123. The number of hydrogen-bond donors (Lipinski definition) is 1. The smallest absolute Gasteiger partial charge is 0.291 e. The number of ether oxygens (including phenoxy) is 1. The van der Waals surface area contributed by atoms with Gasteiger partial charge in [0.25, 0.3) is 6.02 Å². The Morgan fingerprint density at radius 3 is 3.00 bits per heavy atom. The Hall–Kier alpha value is -1.85. The Bertz CT molecular complexity index is 915. The summed E-state index contributed by atoms with van der Waals surface area (Å²) in [7, 11) is 0. The van der Waals surface area contributed by atoms with Crippen LogP contribution in [0.1, 0.15) is 12.8 Å². The summed E-state index contributed by atoms with van der Waals surface area (Å²) >= 11 is 6.52. The molecule has 2 spiro atoms. The molecule has 3 atom stereocenters. The largest absolute Gasteiger partial charge is 0.455 e. The molecule has 3 fully saturated rings. The number of hydrogen-bond acceptors (Lipinski definition) is 5. The molecule has 5 nitrogen and oxygen atoms in total. The third-order valence-electron chi connectivity index (χ3n) is 6.34. The minimum Gasteiger partial charge on any atom is -0.455 e. The Balaban J connectivity index is 1.27. The average molecular weight is 341 g/mol. The molecule has 2 saturated heterocycles. The van der Waals surface area contributed by atoms with E-state index in [9.17, 15) is 0 Å². The second-order valence-electron chi connectivity index (χ2n) is 7.45. The van der Waals surface area contributed by atoms with Crippen molar-refractivity contribution in [2.45, 2.75) is 24.0 Å². The van der Waals surface area contributed by atoms with Crippen molar-refractivity contribution < 1.29 is 4.74 Å². The van der Waals surface area contributed by atoms with Crippen molar-refractivity contribution in [1.29, 1.82) is 0 Å². The lowest BCUT2D eigenvalue weighted by molar-refractivity contribution is 0.0433. The SMILES string of the molecule is Clc1c(NC2=NC[C@@]3(CN4CCC45CC53)O2)ncc2ccccc12. The second-order valence-corrected chi connectivity index (χ2v) is 7.83. The van der Waals surface area contributed by atoms with Gasteiger partial charge in [0.2, 0.25) is 0 Å². The maximum absolute atomic E-state index is 6.52. The van der Waals surface area contributed by atoms with Gasteiger partial charge >= 0.3 is 0 Å². The first-order chi connectivity index (χ1) is 11.7. The van der Waals surface area contributed by atoms with Crippen molar-refractivity contribution >= 4 is 34.2 Å². The number of rotatable bonds is 1. The summed E-state index contributed by atoms with van der Waals surface area (Å²) in [6.45, 7) is 2.96. The molecule has 1 aliphatic carbocycles. The predicted octanol–water partition coefficient (Wildman–Crippen LogP) is 2.90. The number of amidine groups is 1. The van der Waals surface area contributed by atoms with E-state index in [0.717, 1.165) is 23.9 Å². The Labute approximate surface area is 144 Å². The third kappa shape index (κ3) is 1.55. The van der Waals surface area contributed by atoms with Crippen LogP contribution in [0.3, 0.4) is 0 Å². The summed E-state index contributed by atoms with van der Waals surface area (Å²) in [6.07, 6.45) is 4.42. The summed E-state index contributed by atoms with van der Waals surface area (Å²) in [5.41, 5.74) is 0.339. The number of benzene rings is 1. The topological polar surface area (TPSA) is 49.8 Å². The number of aromatic nitrogens is 1. The quantitative estimate of drug-likeness (QED) is 0.867. The van der Waals surface area contributed by atoms with Gasteiger partial charge in [0.15, 0.2) is 5.82 Å². The zero-order valence-corrected chi connectivity index (χ0v) is 13.9. The summed E-state index contributed by atoms with van der Waals surface area (Å²) < 4.78 is 6.31. The number of anilines is 1. The van der Waals surface area contributed by atoms with Crippen LogP contribution in [0.15, 0.2) is 35.5 Å². The van der Waals surface area contributed by atoms with E-state index in [-0.39, 0.29) is 5.60 Å². The van der Waals surface area contributed by atoms with E-state index in [1.807, 2.05) is 30.5 Å². The molecule has 1 N–H and O–H groups in total. The number of aliphatic imine (C=N–C) groups is 1. The molecule has 24 heavy (non-hydrogen) atoms. The Morgan fingerprint density at radius 1 is 1.33 bits per heavy atom. The van der Waals surface area contributed by atoms with Crippen LogP contribution >= 0.6 is 11.6 Å². The number of halogens is 1. The van der Waals surface area contributed by atoms with Crippen LogP contribution in [0.4, 0.5) is 5.82 Å². The summed E-state index contributed by atoms with van der Waals surface area (Å²) in [5, 5.41) is 5.82. The van der Waals surface area contributed by atoms with Crippen molar-refractivity contribution in [3.05, 3.63) is 35.5 Å². The molecule has 6 rings (SSSR count). The van der Waals surface area contributed by atoms with Crippen molar-refractivity contribution in [1.82, 2.24) is 9.88 Å². The fraction of sp³-hybridized carbons (Fsp3) is 0.444. The van der Waals surface area contributed by atoms with Gasteiger partial charge in [-0.05, 0) is 12.8 Å². The third-order valence-corrected chi connectivity index (χ3v) is 6.72. The van der Waals surface area contributed by atoms with Crippen molar-refractivity contribution in [2.75, 3.05) is 25.0 Å². The van der Waals surface area contributed by atoms with Crippen LogP contribution in [0, 0.1) is 5.92 Å². The molecule has 0 bridgehead atoms. The van der Waals surface area contributed by atoms with Gasteiger partial charge in [0.1, 0.15) is 5.60 Å². The molecular weight excluding hydrogens is 324 g/mol. The second kappa shape index (κ2) is 4.21. The molecule has 122 valence electrons. The molecule has 0 radical (unpaired) electrons. The first-order valence-electron chi connectivity index (χ1n) is 8.49. The lowest BCUT2D eigenvalue weighted by Gasteiger charge is -2.39. The van der Waals surface area contributed by atoms with E-state index in [0.29, 0.717) is 28.3 Å². The van der Waals surface area contributed by atoms with Gasteiger partial charge in [-0.25, -0.2) is 9.98 Å². The first-order valence-corrected chi connectivity index (χ1v) is 8.87. The fourth-order valence-corrected chi connectivity index (χ4v) is 5.20. The Morgan fingerprint density at radius 2 is 2.25 bits per heavy atom. The molecule has 4 heterocycles. The van der Waals surface area contributed by atoms with Crippen molar-refractivity contribution in [3.63, 3.8) is 0 Å². The molecule has 3 aliphatic heterocycles. The summed E-state index contributed by atoms with van der Waals surface area (Å²) in [4.78, 5) is 11.6. The summed E-state index contributed by atoms with van der Waals surface area (Å²) in [5.74, 6) is 1.25. The van der Waals surface area contributed by atoms with Crippen molar-refractivity contribution in [2.24, 2.45) is 10.9 Å². The number of fused-ring (bicyclic) bond motifs is 2. The lowest BCUT2D eigenvalue weighted by Crippen LogP contribution is -2.49. The first kappa shape index (κ1) is 13.4. The Kier molecular flexibility index (Phi) is 2.36. The van der Waals surface area contributed by atoms with Crippen LogP contribution in [0.2, 0.25) is 5.02 Å². The highest BCUT2D eigenvalue weighted by Crippen LogP contribution is 2.67. The van der Waals surface area contributed by atoms with E-state index < -0.39 is 0 Å². The van der Waals surface area contributed by atoms with E-state index in [2.05, 4.69) is 20.2 Å². The van der Waals surface area contributed by atoms with E-state index in [1.165, 1.54) is 19.4 Å². The van der Waals surface area contributed by atoms with E-state index >= 15 is 0 Å². The molecule has 6 heteroatoms. The van der Waals surface area contributed by atoms with Gasteiger partial charge in [-0.1, -0.05) is 35.9 Å². The van der Waals surface area contributed by atoms with Crippen LogP contribution < -0.4 is 5.32 Å².